The Kier molecular flexibility index (Phi) is 5.92. The lowest BCUT2D eigenvalue weighted by atomic mass is 9.94. The van der Waals surface area contributed by atoms with Gasteiger partial charge in [-0.25, -0.2) is 4.98 Å². The van der Waals surface area contributed by atoms with E-state index in [0.717, 1.165) is 27.8 Å². The van der Waals surface area contributed by atoms with E-state index in [-0.39, 0.29) is 5.91 Å². The average Bonchev–Trinajstić information content (AvgIpc) is 3.46. The van der Waals surface area contributed by atoms with Crippen molar-refractivity contribution in [2.75, 3.05) is 17.2 Å². The number of benzene rings is 2. The van der Waals surface area contributed by atoms with Gasteiger partial charge in [-0.3, -0.25) is 9.59 Å². The molecule has 7 nitrogen and oxygen atoms in total. The fourth-order valence-corrected chi connectivity index (χ4v) is 4.15. The Morgan fingerprint density at radius 3 is 2.75 bits per heavy atom. The maximum absolute atomic E-state index is 12.5. The van der Waals surface area contributed by atoms with Crippen molar-refractivity contribution in [3.05, 3.63) is 64.2 Å². The second kappa shape index (κ2) is 8.96. The topological polar surface area (TPSA) is 113 Å². The van der Waals surface area contributed by atoms with Crippen LogP contribution in [0.2, 0.25) is 0 Å². The molecule has 4 aromatic rings. The predicted molar refractivity (Wildman–Crippen MR) is 129 cm³/mol. The first-order valence-corrected chi connectivity index (χ1v) is 10.8. The summed E-state index contributed by atoms with van der Waals surface area (Å²) in [6.45, 7) is 4.19. The van der Waals surface area contributed by atoms with Crippen LogP contribution in [-0.4, -0.2) is 28.3 Å². The first kappa shape index (κ1) is 21.2. The maximum atomic E-state index is 12.5. The van der Waals surface area contributed by atoms with E-state index in [1.165, 1.54) is 11.3 Å². The zero-order valence-electron chi connectivity index (χ0n) is 17.6. The van der Waals surface area contributed by atoms with Crippen LogP contribution in [0, 0.1) is 18.8 Å². The summed E-state index contributed by atoms with van der Waals surface area (Å²) in [5, 5.41) is 9.24. The van der Waals surface area contributed by atoms with Crippen molar-refractivity contribution in [2.24, 2.45) is 5.73 Å². The number of nitrogens with zero attached hydrogens (tertiary/aromatic N) is 1. The quantitative estimate of drug-likeness (QED) is 0.331. The van der Waals surface area contributed by atoms with Crippen LogP contribution in [0.5, 0.6) is 0 Å². The smallest absolute Gasteiger partial charge is 0.284 e. The van der Waals surface area contributed by atoms with Gasteiger partial charge in [0.1, 0.15) is 0 Å². The first-order valence-electron chi connectivity index (χ1n) is 9.89. The second-order valence-corrected chi connectivity index (χ2v) is 7.92. The second-order valence-electron chi connectivity index (χ2n) is 7.03. The molecule has 2 aromatic heterocycles. The number of amides is 2. The van der Waals surface area contributed by atoms with Gasteiger partial charge in [-0.05, 0) is 42.7 Å². The highest BCUT2D eigenvalue weighted by Gasteiger charge is 2.19. The van der Waals surface area contributed by atoms with E-state index in [9.17, 15) is 9.59 Å². The maximum Gasteiger partial charge on any atom is 0.284 e. The van der Waals surface area contributed by atoms with E-state index in [1.807, 2.05) is 31.2 Å². The van der Waals surface area contributed by atoms with Gasteiger partial charge in [0.05, 0.1) is 23.3 Å². The number of nitrogens with one attached hydrogen (secondary N) is 3. The molecule has 0 bridgehead atoms. The summed E-state index contributed by atoms with van der Waals surface area (Å²) in [4.78, 5) is 31.8. The van der Waals surface area contributed by atoms with Crippen LogP contribution in [0.25, 0.3) is 22.0 Å². The number of hydrogen-bond donors (Lipinski definition) is 4. The van der Waals surface area contributed by atoms with Crippen LogP contribution in [0.15, 0.2) is 48.1 Å². The normalized spacial score (nSPS) is 10.4. The molecule has 2 aromatic carbocycles. The van der Waals surface area contributed by atoms with Crippen molar-refractivity contribution in [3.8, 4) is 23.0 Å². The van der Waals surface area contributed by atoms with Gasteiger partial charge >= 0.3 is 0 Å². The summed E-state index contributed by atoms with van der Waals surface area (Å²) < 4.78 is 0. The third-order valence-electron chi connectivity index (χ3n) is 5.14. The standard InChI is InChI=1S/C24H21N5O2S/c1-3-4-10-26-19-13-28-21-17(22(25)30)9-8-16(20(19)21)15-6-5-7-18(14(15)2)29-23(31)24-27-11-12-32-24/h5-9,11-13,26,28H,10H2,1-2H3,(H2,25,30)(H,29,31). The Labute approximate surface area is 189 Å². The average molecular weight is 444 g/mol. The number of hydrogen-bond acceptors (Lipinski definition) is 5. The number of H-pyrrole nitrogens is 1. The Morgan fingerprint density at radius 2 is 2.03 bits per heavy atom. The number of carbonyl (C=O) groups is 2. The van der Waals surface area contributed by atoms with Gasteiger partial charge in [0, 0.05) is 28.8 Å². The molecule has 0 unspecified atom stereocenters. The van der Waals surface area contributed by atoms with Crippen molar-refractivity contribution in [3.63, 3.8) is 0 Å². The van der Waals surface area contributed by atoms with Crippen molar-refractivity contribution in [1.82, 2.24) is 9.97 Å². The molecule has 160 valence electrons. The monoisotopic (exact) mass is 443 g/mol. The van der Waals surface area contributed by atoms with E-state index in [4.69, 9.17) is 5.73 Å². The number of rotatable bonds is 6. The van der Waals surface area contributed by atoms with Crippen LogP contribution in [0.4, 0.5) is 11.4 Å². The van der Waals surface area contributed by atoms with Gasteiger partial charge in [0.15, 0.2) is 5.01 Å². The predicted octanol–water partition coefficient (Wildman–Crippen LogP) is 4.39. The SMILES string of the molecule is CC#CCNc1c[nH]c2c(C(N)=O)ccc(-c3cccc(NC(=O)c4nccs4)c3C)c12. The van der Waals surface area contributed by atoms with Gasteiger partial charge in [-0.1, -0.05) is 24.1 Å². The number of primary amides is 1. The Morgan fingerprint density at radius 1 is 1.19 bits per heavy atom. The first-order chi connectivity index (χ1) is 15.5. The Bertz CT molecular complexity index is 1380. The van der Waals surface area contributed by atoms with Gasteiger partial charge < -0.3 is 21.4 Å². The number of thiazole rings is 1. The lowest BCUT2D eigenvalue weighted by Gasteiger charge is -2.15. The summed E-state index contributed by atoms with van der Waals surface area (Å²) in [5.74, 6) is 5.08. The molecular formula is C24H21N5O2S. The molecule has 0 aliphatic carbocycles. The molecule has 5 N–H and O–H groups in total. The molecule has 4 rings (SSSR count). The molecule has 0 radical (unpaired) electrons. The molecular weight excluding hydrogens is 422 g/mol. The van der Waals surface area contributed by atoms with E-state index in [1.54, 1.807) is 30.8 Å². The molecule has 0 spiro atoms. The number of aromatic amines is 1. The minimum atomic E-state index is -0.510. The van der Waals surface area contributed by atoms with Crippen molar-refractivity contribution in [1.29, 1.82) is 0 Å². The van der Waals surface area contributed by atoms with E-state index < -0.39 is 5.91 Å². The summed E-state index contributed by atoms with van der Waals surface area (Å²) in [6, 6.07) is 9.31. The highest BCUT2D eigenvalue weighted by atomic mass is 32.1. The summed E-state index contributed by atoms with van der Waals surface area (Å²) >= 11 is 1.29. The minimum absolute atomic E-state index is 0.253. The number of carbonyl (C=O) groups excluding carboxylic acids is 2. The van der Waals surface area contributed by atoms with E-state index >= 15 is 0 Å². The number of aromatic nitrogens is 2. The molecule has 8 heteroatoms. The van der Waals surface area contributed by atoms with Gasteiger partial charge in [0.25, 0.3) is 11.8 Å². The van der Waals surface area contributed by atoms with Gasteiger partial charge in [0.2, 0.25) is 0 Å². The molecule has 0 atom stereocenters. The van der Waals surface area contributed by atoms with E-state index in [2.05, 4.69) is 32.4 Å². The zero-order chi connectivity index (χ0) is 22.7. The zero-order valence-corrected chi connectivity index (χ0v) is 18.4. The fraction of sp³-hybridized carbons (Fsp3) is 0.125. The fourth-order valence-electron chi connectivity index (χ4n) is 3.62. The largest absolute Gasteiger partial charge is 0.372 e. The highest BCUT2D eigenvalue weighted by molar-refractivity contribution is 7.11. The van der Waals surface area contributed by atoms with Crippen LogP contribution < -0.4 is 16.4 Å². The lowest BCUT2D eigenvalue weighted by molar-refractivity contribution is 0.0998. The lowest BCUT2D eigenvalue weighted by Crippen LogP contribution is -2.13. The van der Waals surface area contributed by atoms with Crippen molar-refractivity contribution < 1.29 is 9.59 Å². The van der Waals surface area contributed by atoms with Gasteiger partial charge in [-0.15, -0.1) is 17.3 Å². The van der Waals surface area contributed by atoms with Gasteiger partial charge in [-0.2, -0.15) is 0 Å². The molecule has 2 amide bonds. The van der Waals surface area contributed by atoms with Crippen molar-refractivity contribution in [2.45, 2.75) is 13.8 Å². The third kappa shape index (κ3) is 3.94. The summed E-state index contributed by atoms with van der Waals surface area (Å²) in [7, 11) is 0. The minimum Gasteiger partial charge on any atom is -0.372 e. The molecule has 2 heterocycles. The Balaban J connectivity index is 1.83. The third-order valence-corrected chi connectivity index (χ3v) is 5.92. The molecule has 0 aliphatic rings. The number of anilines is 2. The molecule has 32 heavy (non-hydrogen) atoms. The highest BCUT2D eigenvalue weighted by Crippen LogP contribution is 2.38. The van der Waals surface area contributed by atoms with Crippen LogP contribution >= 0.6 is 11.3 Å². The molecule has 0 fully saturated rings. The number of fused-ring (bicyclic) bond motifs is 1. The summed E-state index contributed by atoms with van der Waals surface area (Å²) in [5.41, 5.74) is 10.9. The Hall–Kier alpha value is -4.09. The van der Waals surface area contributed by atoms with Crippen LogP contribution in [0.1, 0.15) is 32.6 Å². The van der Waals surface area contributed by atoms with Crippen LogP contribution in [0.3, 0.4) is 0 Å². The molecule has 0 aliphatic heterocycles. The van der Waals surface area contributed by atoms with E-state index in [0.29, 0.717) is 28.3 Å². The number of nitrogens with two attached hydrogens (primary N) is 1. The molecule has 0 saturated heterocycles. The summed E-state index contributed by atoms with van der Waals surface area (Å²) in [6.07, 6.45) is 3.41. The van der Waals surface area contributed by atoms with Crippen molar-refractivity contribution >= 4 is 45.4 Å². The van der Waals surface area contributed by atoms with Crippen LogP contribution in [-0.2, 0) is 0 Å². The molecule has 0 saturated carbocycles.